The first-order valence-electron chi connectivity index (χ1n) is 8.07. The van der Waals surface area contributed by atoms with Crippen molar-refractivity contribution in [1.82, 2.24) is 9.88 Å². The minimum absolute atomic E-state index is 0.0408. The molecule has 124 valence electrons. The molecule has 0 saturated carbocycles. The molecule has 1 N–H and O–H groups in total. The van der Waals surface area contributed by atoms with Crippen LogP contribution < -0.4 is 9.47 Å². The SMILES string of the molecule is CCC[C@]1(CO)CCCN(Cc2nccc(OC)c2OC)C1. The van der Waals surface area contributed by atoms with Gasteiger partial charge in [0.05, 0.1) is 14.2 Å². The van der Waals surface area contributed by atoms with Crippen LogP contribution in [0.25, 0.3) is 0 Å². The lowest BCUT2D eigenvalue weighted by Crippen LogP contribution is -2.45. The molecule has 1 aromatic heterocycles. The van der Waals surface area contributed by atoms with E-state index >= 15 is 0 Å². The molecular weight excluding hydrogens is 280 g/mol. The van der Waals surface area contributed by atoms with E-state index in [1.54, 1.807) is 20.4 Å². The Balaban J connectivity index is 2.13. The number of rotatable bonds is 7. The lowest BCUT2D eigenvalue weighted by Gasteiger charge is -2.42. The molecule has 1 atom stereocenters. The number of ether oxygens (including phenoxy) is 2. The van der Waals surface area contributed by atoms with Gasteiger partial charge in [0, 0.05) is 37.4 Å². The van der Waals surface area contributed by atoms with Crippen LogP contribution in [-0.4, -0.2) is 48.9 Å². The number of nitrogens with zero attached hydrogens (tertiary/aromatic N) is 2. The van der Waals surface area contributed by atoms with Gasteiger partial charge in [-0.05, 0) is 25.8 Å². The van der Waals surface area contributed by atoms with Crippen LogP contribution in [0.1, 0.15) is 38.3 Å². The molecule has 0 aromatic carbocycles. The van der Waals surface area contributed by atoms with Crippen LogP contribution in [0, 0.1) is 5.41 Å². The highest BCUT2D eigenvalue weighted by Gasteiger charge is 2.34. The van der Waals surface area contributed by atoms with Crippen LogP contribution in [0.4, 0.5) is 0 Å². The Hall–Kier alpha value is -1.33. The van der Waals surface area contributed by atoms with Gasteiger partial charge in [-0.3, -0.25) is 9.88 Å². The van der Waals surface area contributed by atoms with E-state index in [1.807, 2.05) is 6.07 Å². The number of likely N-dealkylation sites (tertiary alicyclic amines) is 1. The maximum atomic E-state index is 9.85. The molecule has 1 saturated heterocycles. The number of piperidine rings is 1. The number of pyridine rings is 1. The molecule has 1 aromatic rings. The Morgan fingerprint density at radius 3 is 2.82 bits per heavy atom. The van der Waals surface area contributed by atoms with Gasteiger partial charge < -0.3 is 14.6 Å². The van der Waals surface area contributed by atoms with Crippen molar-refractivity contribution in [1.29, 1.82) is 0 Å². The van der Waals surface area contributed by atoms with Crippen LogP contribution in [0.2, 0.25) is 0 Å². The average molecular weight is 308 g/mol. The molecule has 5 heteroatoms. The zero-order valence-corrected chi connectivity index (χ0v) is 14.0. The lowest BCUT2D eigenvalue weighted by atomic mass is 9.77. The molecule has 0 unspecified atom stereocenters. The first kappa shape index (κ1) is 17.0. The summed E-state index contributed by atoms with van der Waals surface area (Å²) in [5, 5.41) is 9.85. The van der Waals surface area contributed by atoms with Gasteiger partial charge in [-0.15, -0.1) is 0 Å². The van der Waals surface area contributed by atoms with Crippen molar-refractivity contribution >= 4 is 0 Å². The zero-order chi connectivity index (χ0) is 16.0. The minimum Gasteiger partial charge on any atom is -0.493 e. The summed E-state index contributed by atoms with van der Waals surface area (Å²) in [6.45, 7) is 5.13. The van der Waals surface area contributed by atoms with Crippen LogP contribution in [0.5, 0.6) is 11.5 Å². The fourth-order valence-corrected chi connectivity index (χ4v) is 3.56. The van der Waals surface area contributed by atoms with Crippen molar-refractivity contribution in [3.05, 3.63) is 18.0 Å². The van der Waals surface area contributed by atoms with E-state index in [2.05, 4.69) is 16.8 Å². The standard InChI is InChI=1S/C17H28N2O3/c1-4-7-17(13-20)8-5-10-19(12-17)11-14-16(22-3)15(21-2)6-9-18-14/h6,9,20H,4-5,7-8,10-13H2,1-3H3/t17-/m0/s1. The van der Waals surface area contributed by atoms with E-state index in [1.165, 1.54) is 0 Å². The third-order valence-electron chi connectivity index (χ3n) is 4.60. The summed E-state index contributed by atoms with van der Waals surface area (Å²) in [6, 6.07) is 1.81. The average Bonchev–Trinajstić information content (AvgIpc) is 2.55. The van der Waals surface area contributed by atoms with Gasteiger partial charge in [0.2, 0.25) is 0 Å². The van der Waals surface area contributed by atoms with Crippen molar-refractivity contribution in [3.63, 3.8) is 0 Å². The Bertz CT molecular complexity index is 477. The molecule has 1 fully saturated rings. The Morgan fingerprint density at radius 1 is 1.36 bits per heavy atom. The van der Waals surface area contributed by atoms with E-state index in [4.69, 9.17) is 9.47 Å². The normalized spacial score (nSPS) is 22.5. The summed E-state index contributed by atoms with van der Waals surface area (Å²) in [7, 11) is 3.29. The smallest absolute Gasteiger partial charge is 0.183 e. The van der Waals surface area contributed by atoms with Crippen molar-refractivity contribution in [2.24, 2.45) is 5.41 Å². The summed E-state index contributed by atoms with van der Waals surface area (Å²) in [5.41, 5.74) is 0.936. The van der Waals surface area contributed by atoms with Crippen LogP contribution in [0.3, 0.4) is 0 Å². The van der Waals surface area contributed by atoms with Crippen LogP contribution in [0.15, 0.2) is 12.3 Å². The Morgan fingerprint density at radius 2 is 2.18 bits per heavy atom. The fraction of sp³-hybridized carbons (Fsp3) is 0.706. The molecular formula is C17H28N2O3. The van der Waals surface area contributed by atoms with E-state index in [-0.39, 0.29) is 12.0 Å². The number of methoxy groups -OCH3 is 2. The predicted molar refractivity (Wildman–Crippen MR) is 86.3 cm³/mol. The summed E-state index contributed by atoms with van der Waals surface area (Å²) in [5.74, 6) is 1.42. The molecule has 0 radical (unpaired) electrons. The second kappa shape index (κ2) is 7.79. The predicted octanol–water partition coefficient (Wildman–Crippen LogP) is 2.47. The van der Waals surface area contributed by atoms with Gasteiger partial charge in [-0.1, -0.05) is 13.3 Å². The number of hydrogen-bond acceptors (Lipinski definition) is 5. The number of aliphatic hydroxyl groups excluding tert-OH is 1. The summed E-state index contributed by atoms with van der Waals surface area (Å²) < 4.78 is 10.8. The summed E-state index contributed by atoms with van der Waals surface area (Å²) >= 11 is 0. The third kappa shape index (κ3) is 3.70. The molecule has 2 heterocycles. The first-order chi connectivity index (χ1) is 10.7. The molecule has 1 aliphatic heterocycles. The second-order valence-corrected chi connectivity index (χ2v) is 6.22. The first-order valence-corrected chi connectivity index (χ1v) is 8.07. The second-order valence-electron chi connectivity index (χ2n) is 6.22. The molecule has 2 rings (SSSR count). The summed E-state index contributed by atoms with van der Waals surface area (Å²) in [4.78, 5) is 6.84. The molecule has 5 nitrogen and oxygen atoms in total. The van der Waals surface area contributed by atoms with Crippen molar-refractivity contribution < 1.29 is 14.6 Å². The number of aromatic nitrogens is 1. The van der Waals surface area contributed by atoms with E-state index < -0.39 is 0 Å². The zero-order valence-electron chi connectivity index (χ0n) is 14.0. The van der Waals surface area contributed by atoms with Gasteiger partial charge in [-0.25, -0.2) is 0 Å². The van der Waals surface area contributed by atoms with Crippen molar-refractivity contribution in [2.45, 2.75) is 39.2 Å². The van der Waals surface area contributed by atoms with Gasteiger partial charge in [0.25, 0.3) is 0 Å². The molecule has 0 amide bonds. The van der Waals surface area contributed by atoms with Crippen LogP contribution in [-0.2, 0) is 6.54 Å². The molecule has 0 aliphatic carbocycles. The van der Waals surface area contributed by atoms with E-state index in [0.717, 1.165) is 51.0 Å². The fourth-order valence-electron chi connectivity index (χ4n) is 3.56. The van der Waals surface area contributed by atoms with Gasteiger partial charge in [0.15, 0.2) is 11.5 Å². The highest BCUT2D eigenvalue weighted by molar-refractivity contribution is 5.42. The third-order valence-corrected chi connectivity index (χ3v) is 4.60. The van der Waals surface area contributed by atoms with Gasteiger partial charge in [-0.2, -0.15) is 0 Å². The van der Waals surface area contributed by atoms with Gasteiger partial charge >= 0.3 is 0 Å². The Kier molecular flexibility index (Phi) is 6.03. The maximum absolute atomic E-state index is 9.85. The molecule has 22 heavy (non-hydrogen) atoms. The van der Waals surface area contributed by atoms with E-state index in [9.17, 15) is 5.11 Å². The molecule has 1 aliphatic rings. The summed E-state index contributed by atoms with van der Waals surface area (Å²) in [6.07, 6.45) is 6.16. The van der Waals surface area contributed by atoms with Crippen LogP contribution >= 0.6 is 0 Å². The van der Waals surface area contributed by atoms with Crippen molar-refractivity contribution in [2.75, 3.05) is 33.9 Å². The molecule has 0 bridgehead atoms. The van der Waals surface area contributed by atoms with E-state index in [0.29, 0.717) is 11.5 Å². The number of aliphatic hydroxyl groups is 1. The highest BCUT2D eigenvalue weighted by atomic mass is 16.5. The number of hydrogen-bond donors (Lipinski definition) is 1. The topological polar surface area (TPSA) is 54.8 Å². The maximum Gasteiger partial charge on any atom is 0.183 e. The quantitative estimate of drug-likeness (QED) is 0.838. The van der Waals surface area contributed by atoms with Gasteiger partial charge in [0.1, 0.15) is 5.69 Å². The monoisotopic (exact) mass is 308 g/mol. The largest absolute Gasteiger partial charge is 0.493 e. The minimum atomic E-state index is 0.0408. The lowest BCUT2D eigenvalue weighted by molar-refractivity contribution is 0.0208. The molecule has 0 spiro atoms. The van der Waals surface area contributed by atoms with Crippen molar-refractivity contribution in [3.8, 4) is 11.5 Å². The highest BCUT2D eigenvalue weighted by Crippen LogP contribution is 2.36. The Labute approximate surface area is 133 Å².